The second-order valence-electron chi connectivity index (χ2n) is 2.00. The van der Waals surface area contributed by atoms with Gasteiger partial charge in [0.25, 0.3) is 0 Å². The number of aliphatic hydroxyl groups is 2. The summed E-state index contributed by atoms with van der Waals surface area (Å²) < 4.78 is 0. The molecule has 0 saturated carbocycles. The Balaban J connectivity index is 3.32. The van der Waals surface area contributed by atoms with Crippen LogP contribution in [-0.2, 0) is 0 Å². The highest BCUT2D eigenvalue weighted by Crippen LogP contribution is 2.03. The summed E-state index contributed by atoms with van der Waals surface area (Å²) in [6, 6.07) is 0. The average molecular weight is 150 g/mol. The first kappa shape index (κ1) is 9.27. The van der Waals surface area contributed by atoms with Crippen LogP contribution < -0.4 is 0 Å². The van der Waals surface area contributed by atoms with Gasteiger partial charge < -0.3 is 10.2 Å². The summed E-state index contributed by atoms with van der Waals surface area (Å²) in [4.78, 5) is 0. The third-order valence-electron chi connectivity index (χ3n) is 1.20. The van der Waals surface area contributed by atoms with Crippen molar-refractivity contribution in [1.29, 1.82) is 0 Å². The minimum absolute atomic E-state index is 0.544. The van der Waals surface area contributed by atoms with Gasteiger partial charge in [0, 0.05) is 5.75 Å². The molecule has 9 heavy (non-hydrogen) atoms. The molecule has 0 aliphatic heterocycles. The normalized spacial score (nSPS) is 17.3. The predicted octanol–water partition coefficient (Wildman–Crippen LogP) is 0.481. The molecular formula is C6H14O2S. The summed E-state index contributed by atoms with van der Waals surface area (Å²) in [6.07, 6.45) is 1.44. The van der Waals surface area contributed by atoms with Crippen LogP contribution in [0.1, 0.15) is 13.3 Å². The van der Waals surface area contributed by atoms with Crippen LogP contribution in [0.25, 0.3) is 0 Å². The number of hydrogen-bond donors (Lipinski definition) is 2. The molecule has 0 heterocycles. The molecule has 0 amide bonds. The lowest BCUT2D eigenvalue weighted by Gasteiger charge is -2.13. The van der Waals surface area contributed by atoms with E-state index < -0.39 is 12.2 Å². The molecule has 0 bridgehead atoms. The molecule has 0 radical (unpaired) electrons. The number of thioether (sulfide) groups is 1. The van der Waals surface area contributed by atoms with Crippen LogP contribution in [-0.4, -0.2) is 34.4 Å². The first-order valence-electron chi connectivity index (χ1n) is 3.07. The average Bonchev–Trinajstić information content (AvgIpc) is 1.87. The standard InChI is InChI=1S/C6H14O2S/c1-3-5(7)6(8)4-9-2/h5-8H,3-4H2,1-2H3. The van der Waals surface area contributed by atoms with E-state index in [2.05, 4.69) is 0 Å². The van der Waals surface area contributed by atoms with Gasteiger partial charge in [0.05, 0.1) is 12.2 Å². The third-order valence-corrected chi connectivity index (χ3v) is 1.87. The van der Waals surface area contributed by atoms with Gasteiger partial charge in [0.15, 0.2) is 0 Å². The summed E-state index contributed by atoms with van der Waals surface area (Å²) in [5.41, 5.74) is 0. The van der Waals surface area contributed by atoms with Gasteiger partial charge in [-0.2, -0.15) is 11.8 Å². The summed E-state index contributed by atoms with van der Waals surface area (Å²) >= 11 is 1.54. The maximum atomic E-state index is 9.05. The van der Waals surface area contributed by atoms with Crippen molar-refractivity contribution in [3.63, 3.8) is 0 Å². The van der Waals surface area contributed by atoms with E-state index in [0.717, 1.165) is 0 Å². The van der Waals surface area contributed by atoms with Crippen LogP contribution in [0.2, 0.25) is 0 Å². The van der Waals surface area contributed by atoms with Crippen LogP contribution in [0.3, 0.4) is 0 Å². The van der Waals surface area contributed by atoms with Crippen molar-refractivity contribution < 1.29 is 10.2 Å². The van der Waals surface area contributed by atoms with E-state index in [-0.39, 0.29) is 0 Å². The van der Waals surface area contributed by atoms with E-state index in [0.29, 0.717) is 12.2 Å². The van der Waals surface area contributed by atoms with Gasteiger partial charge in [-0.3, -0.25) is 0 Å². The smallest absolute Gasteiger partial charge is 0.0888 e. The molecule has 0 fully saturated rings. The van der Waals surface area contributed by atoms with Gasteiger partial charge in [0.1, 0.15) is 0 Å². The van der Waals surface area contributed by atoms with Crippen LogP contribution in [0.5, 0.6) is 0 Å². The Hall–Kier alpha value is 0.270. The van der Waals surface area contributed by atoms with Gasteiger partial charge >= 0.3 is 0 Å². The number of rotatable bonds is 4. The molecule has 0 spiro atoms. The van der Waals surface area contributed by atoms with Gasteiger partial charge in [-0.05, 0) is 12.7 Å². The molecule has 2 nitrogen and oxygen atoms in total. The predicted molar refractivity (Wildman–Crippen MR) is 40.7 cm³/mol. The molecule has 2 N–H and O–H groups in total. The van der Waals surface area contributed by atoms with Crippen LogP contribution >= 0.6 is 11.8 Å². The lowest BCUT2D eigenvalue weighted by atomic mass is 10.2. The number of hydrogen-bond acceptors (Lipinski definition) is 3. The van der Waals surface area contributed by atoms with E-state index in [4.69, 9.17) is 10.2 Å². The van der Waals surface area contributed by atoms with Gasteiger partial charge in [-0.1, -0.05) is 6.92 Å². The summed E-state index contributed by atoms with van der Waals surface area (Å²) in [5.74, 6) is 0.620. The third kappa shape index (κ3) is 3.78. The molecule has 0 aromatic rings. The zero-order valence-electron chi connectivity index (χ0n) is 5.87. The lowest BCUT2D eigenvalue weighted by Crippen LogP contribution is -2.26. The molecule has 56 valence electrons. The largest absolute Gasteiger partial charge is 0.390 e. The van der Waals surface area contributed by atoms with Gasteiger partial charge in [-0.25, -0.2) is 0 Å². The molecule has 0 aliphatic carbocycles. The van der Waals surface area contributed by atoms with E-state index in [1.165, 1.54) is 0 Å². The van der Waals surface area contributed by atoms with Crippen molar-refractivity contribution in [3.8, 4) is 0 Å². The van der Waals surface area contributed by atoms with Gasteiger partial charge in [-0.15, -0.1) is 0 Å². The SMILES string of the molecule is CCC(O)C(O)CSC. The fraction of sp³-hybridized carbons (Fsp3) is 1.00. The summed E-state index contributed by atoms with van der Waals surface area (Å²) in [6.45, 7) is 1.86. The number of aliphatic hydroxyl groups excluding tert-OH is 2. The highest BCUT2D eigenvalue weighted by Gasteiger charge is 2.11. The first-order valence-corrected chi connectivity index (χ1v) is 4.46. The topological polar surface area (TPSA) is 40.5 Å². The first-order chi connectivity index (χ1) is 4.22. The fourth-order valence-corrected chi connectivity index (χ4v) is 1.12. The van der Waals surface area contributed by atoms with E-state index >= 15 is 0 Å². The maximum absolute atomic E-state index is 9.05. The van der Waals surface area contributed by atoms with Crippen molar-refractivity contribution >= 4 is 11.8 Å². The zero-order valence-corrected chi connectivity index (χ0v) is 6.69. The van der Waals surface area contributed by atoms with E-state index in [1.54, 1.807) is 11.8 Å². The van der Waals surface area contributed by atoms with Crippen molar-refractivity contribution in [1.82, 2.24) is 0 Å². The van der Waals surface area contributed by atoms with Crippen molar-refractivity contribution in [2.24, 2.45) is 0 Å². The van der Waals surface area contributed by atoms with E-state index in [1.807, 2.05) is 13.2 Å². The fourth-order valence-electron chi connectivity index (χ4n) is 0.554. The molecule has 2 unspecified atom stereocenters. The molecule has 0 aromatic carbocycles. The van der Waals surface area contributed by atoms with Crippen molar-refractivity contribution in [2.45, 2.75) is 25.6 Å². The van der Waals surface area contributed by atoms with Crippen LogP contribution in [0.4, 0.5) is 0 Å². The van der Waals surface area contributed by atoms with E-state index in [9.17, 15) is 0 Å². The molecule has 0 saturated heterocycles. The lowest BCUT2D eigenvalue weighted by molar-refractivity contribution is 0.0323. The second kappa shape index (κ2) is 5.09. The quantitative estimate of drug-likeness (QED) is 0.612. The minimum Gasteiger partial charge on any atom is -0.390 e. The molecular weight excluding hydrogens is 136 g/mol. The van der Waals surface area contributed by atoms with Crippen molar-refractivity contribution in [3.05, 3.63) is 0 Å². The molecule has 3 heteroatoms. The summed E-state index contributed by atoms with van der Waals surface area (Å²) in [5, 5.41) is 18.0. The Morgan fingerprint density at radius 3 is 2.22 bits per heavy atom. The summed E-state index contributed by atoms with van der Waals surface area (Å²) in [7, 11) is 0. The van der Waals surface area contributed by atoms with Gasteiger partial charge in [0.2, 0.25) is 0 Å². The minimum atomic E-state index is -0.551. The second-order valence-corrected chi connectivity index (χ2v) is 2.91. The highest BCUT2D eigenvalue weighted by atomic mass is 32.2. The van der Waals surface area contributed by atoms with Crippen LogP contribution in [0.15, 0.2) is 0 Å². The maximum Gasteiger partial charge on any atom is 0.0888 e. The molecule has 0 rings (SSSR count). The Labute approximate surface area is 60.3 Å². The Morgan fingerprint density at radius 2 is 1.89 bits per heavy atom. The Kier molecular flexibility index (Phi) is 5.24. The Bertz CT molecular complexity index is 68.1. The molecule has 0 aromatic heterocycles. The van der Waals surface area contributed by atoms with Crippen LogP contribution in [0, 0.1) is 0 Å². The molecule has 0 aliphatic rings. The monoisotopic (exact) mass is 150 g/mol. The zero-order chi connectivity index (χ0) is 7.28. The van der Waals surface area contributed by atoms with Crippen molar-refractivity contribution in [2.75, 3.05) is 12.0 Å². The highest BCUT2D eigenvalue weighted by molar-refractivity contribution is 7.98. The molecule has 2 atom stereocenters. The Morgan fingerprint density at radius 1 is 1.33 bits per heavy atom.